The van der Waals surface area contributed by atoms with E-state index < -0.39 is 23.0 Å². The molecule has 2 atom stereocenters. The predicted molar refractivity (Wildman–Crippen MR) is 68.4 cm³/mol. The van der Waals surface area contributed by atoms with E-state index in [0.717, 1.165) is 0 Å². The number of ether oxygens (including phenoxy) is 2. The molecule has 1 aliphatic rings. The molecule has 0 aromatic rings. The first kappa shape index (κ1) is 15.3. The first-order valence-corrected chi connectivity index (χ1v) is 6.37. The van der Waals surface area contributed by atoms with Gasteiger partial charge in [-0.15, -0.1) is 0 Å². The second-order valence-corrected chi connectivity index (χ2v) is 6.81. The van der Waals surface area contributed by atoms with Crippen molar-refractivity contribution in [2.75, 3.05) is 13.2 Å². The van der Waals surface area contributed by atoms with Crippen LogP contribution >= 0.6 is 0 Å². The summed E-state index contributed by atoms with van der Waals surface area (Å²) in [4.78, 5) is 24.6. The normalized spacial score (nSPS) is 25.9. The van der Waals surface area contributed by atoms with E-state index in [-0.39, 0.29) is 11.6 Å². The molecule has 0 N–H and O–H groups in total. The third kappa shape index (κ3) is 3.39. The Morgan fingerprint density at radius 3 is 1.28 bits per heavy atom. The van der Waals surface area contributed by atoms with Crippen LogP contribution in [0.3, 0.4) is 0 Å². The van der Waals surface area contributed by atoms with Gasteiger partial charge in [0.25, 0.3) is 0 Å². The Balaban J connectivity index is 2.94. The molecule has 0 radical (unpaired) electrons. The molecule has 0 aromatic heterocycles. The highest BCUT2D eigenvalue weighted by molar-refractivity contribution is 5.97. The first-order chi connectivity index (χ1) is 8.05. The summed E-state index contributed by atoms with van der Waals surface area (Å²) in [6.07, 6.45) is -1.55. The lowest BCUT2D eigenvalue weighted by atomic mass is 9.80. The van der Waals surface area contributed by atoms with Crippen molar-refractivity contribution in [2.24, 2.45) is 10.8 Å². The molecule has 0 aromatic carbocycles. The molecule has 0 bridgehead atoms. The minimum atomic E-state index is -0.773. The van der Waals surface area contributed by atoms with Gasteiger partial charge in [-0.1, -0.05) is 41.5 Å². The van der Waals surface area contributed by atoms with Gasteiger partial charge < -0.3 is 9.47 Å². The van der Waals surface area contributed by atoms with Crippen LogP contribution in [0.1, 0.15) is 41.5 Å². The smallest absolute Gasteiger partial charge is 0.170 e. The third-order valence-electron chi connectivity index (χ3n) is 2.95. The van der Waals surface area contributed by atoms with E-state index in [9.17, 15) is 9.59 Å². The van der Waals surface area contributed by atoms with Gasteiger partial charge in [0.2, 0.25) is 0 Å². The van der Waals surface area contributed by atoms with Gasteiger partial charge in [0.05, 0.1) is 13.2 Å². The maximum Gasteiger partial charge on any atom is 0.170 e. The minimum absolute atomic E-state index is 0.0789. The minimum Gasteiger partial charge on any atom is -0.365 e. The number of Topliss-reactive ketones (excluding diaryl/α,β-unsaturated/α-hetero) is 2. The van der Waals surface area contributed by atoms with Crippen molar-refractivity contribution >= 4 is 11.6 Å². The average molecular weight is 256 g/mol. The van der Waals surface area contributed by atoms with Gasteiger partial charge in [-0.25, -0.2) is 0 Å². The SMILES string of the molecule is CC(C)(C)C(=O)C1OCCOC1C(=O)C(C)(C)C. The van der Waals surface area contributed by atoms with E-state index in [1.807, 2.05) is 41.5 Å². The topological polar surface area (TPSA) is 52.6 Å². The Morgan fingerprint density at radius 1 is 0.778 bits per heavy atom. The number of hydrogen-bond acceptors (Lipinski definition) is 4. The Hall–Kier alpha value is -0.740. The molecule has 0 aliphatic carbocycles. The van der Waals surface area contributed by atoms with Gasteiger partial charge in [0.1, 0.15) is 12.2 Å². The van der Waals surface area contributed by atoms with Crippen LogP contribution in [0.15, 0.2) is 0 Å². The molecule has 4 heteroatoms. The van der Waals surface area contributed by atoms with Crippen molar-refractivity contribution in [3.63, 3.8) is 0 Å². The van der Waals surface area contributed by atoms with Crippen molar-refractivity contribution in [3.8, 4) is 0 Å². The van der Waals surface area contributed by atoms with Gasteiger partial charge in [-0.05, 0) is 0 Å². The molecular weight excluding hydrogens is 232 g/mol. The molecule has 1 fully saturated rings. The maximum atomic E-state index is 12.3. The molecule has 1 aliphatic heterocycles. The number of rotatable bonds is 2. The van der Waals surface area contributed by atoms with Gasteiger partial charge in [0.15, 0.2) is 11.6 Å². The van der Waals surface area contributed by atoms with Gasteiger partial charge in [0, 0.05) is 10.8 Å². The van der Waals surface area contributed by atoms with Crippen molar-refractivity contribution < 1.29 is 19.1 Å². The summed E-state index contributed by atoms with van der Waals surface area (Å²) in [6, 6.07) is 0. The molecule has 0 saturated carbocycles. The fraction of sp³-hybridized carbons (Fsp3) is 0.857. The standard InChI is InChI=1S/C14H24O4/c1-13(2,3)11(15)9-10(18-8-7-17-9)12(16)14(4,5)6/h9-10H,7-8H2,1-6H3. The molecule has 1 heterocycles. The summed E-state index contributed by atoms with van der Waals surface area (Å²) in [5.41, 5.74) is -1.08. The van der Waals surface area contributed by atoms with Crippen LogP contribution in [0, 0.1) is 10.8 Å². The largest absolute Gasteiger partial charge is 0.365 e. The summed E-state index contributed by atoms with van der Waals surface area (Å²) in [5, 5.41) is 0. The highest BCUT2D eigenvalue weighted by Crippen LogP contribution is 2.28. The monoisotopic (exact) mass is 256 g/mol. The predicted octanol–water partition coefficient (Wildman–Crippen LogP) is 2.00. The Bertz CT molecular complexity index is 299. The summed E-state index contributed by atoms with van der Waals surface area (Å²) in [5.74, 6) is -0.158. The van der Waals surface area contributed by atoms with Crippen LogP contribution in [0.2, 0.25) is 0 Å². The number of carbonyl (C=O) groups excluding carboxylic acids is 2. The van der Waals surface area contributed by atoms with E-state index >= 15 is 0 Å². The van der Waals surface area contributed by atoms with Crippen LogP contribution in [0.4, 0.5) is 0 Å². The summed E-state index contributed by atoms with van der Waals surface area (Å²) in [7, 11) is 0. The number of ketones is 2. The summed E-state index contributed by atoms with van der Waals surface area (Å²) < 4.78 is 11.0. The molecular formula is C14H24O4. The highest BCUT2D eigenvalue weighted by atomic mass is 16.6. The second-order valence-electron chi connectivity index (χ2n) is 6.81. The Morgan fingerprint density at radius 2 is 1.06 bits per heavy atom. The zero-order chi connectivity index (χ0) is 14.1. The zero-order valence-corrected chi connectivity index (χ0v) is 12.2. The summed E-state index contributed by atoms with van der Waals surface area (Å²) in [6.45, 7) is 11.7. The third-order valence-corrected chi connectivity index (χ3v) is 2.95. The zero-order valence-electron chi connectivity index (χ0n) is 12.2. The lowest BCUT2D eigenvalue weighted by Crippen LogP contribution is -2.53. The van der Waals surface area contributed by atoms with Crippen LogP contribution in [0.25, 0.3) is 0 Å². The van der Waals surface area contributed by atoms with Crippen LogP contribution in [-0.4, -0.2) is 37.0 Å². The first-order valence-electron chi connectivity index (χ1n) is 6.37. The van der Waals surface area contributed by atoms with E-state index in [4.69, 9.17) is 9.47 Å². The van der Waals surface area contributed by atoms with E-state index in [2.05, 4.69) is 0 Å². The van der Waals surface area contributed by atoms with Crippen molar-refractivity contribution in [3.05, 3.63) is 0 Å². The molecule has 18 heavy (non-hydrogen) atoms. The molecule has 1 saturated heterocycles. The van der Waals surface area contributed by atoms with Crippen LogP contribution < -0.4 is 0 Å². The quantitative estimate of drug-likeness (QED) is 0.758. The lowest BCUT2D eigenvalue weighted by molar-refractivity contribution is -0.180. The molecule has 2 unspecified atom stereocenters. The van der Waals surface area contributed by atoms with E-state index in [1.54, 1.807) is 0 Å². The van der Waals surface area contributed by atoms with Gasteiger partial charge in [-0.2, -0.15) is 0 Å². The lowest BCUT2D eigenvalue weighted by Gasteiger charge is -2.36. The molecule has 0 spiro atoms. The van der Waals surface area contributed by atoms with E-state index in [0.29, 0.717) is 13.2 Å². The highest BCUT2D eigenvalue weighted by Gasteiger charge is 2.44. The molecule has 1 rings (SSSR count). The van der Waals surface area contributed by atoms with Gasteiger partial charge >= 0.3 is 0 Å². The fourth-order valence-electron chi connectivity index (χ4n) is 1.80. The number of carbonyl (C=O) groups is 2. The van der Waals surface area contributed by atoms with Crippen LogP contribution in [0.5, 0.6) is 0 Å². The Labute approximate surface area is 109 Å². The molecule has 0 amide bonds. The van der Waals surface area contributed by atoms with Crippen molar-refractivity contribution in [1.82, 2.24) is 0 Å². The van der Waals surface area contributed by atoms with Gasteiger partial charge in [-0.3, -0.25) is 9.59 Å². The fourth-order valence-corrected chi connectivity index (χ4v) is 1.80. The average Bonchev–Trinajstić information content (AvgIpc) is 2.24. The molecule has 4 nitrogen and oxygen atoms in total. The van der Waals surface area contributed by atoms with Crippen molar-refractivity contribution in [2.45, 2.75) is 53.8 Å². The van der Waals surface area contributed by atoms with Crippen molar-refractivity contribution in [1.29, 1.82) is 0 Å². The Kier molecular flexibility index (Phi) is 4.34. The van der Waals surface area contributed by atoms with Crippen LogP contribution in [-0.2, 0) is 19.1 Å². The summed E-state index contributed by atoms with van der Waals surface area (Å²) >= 11 is 0. The maximum absolute atomic E-state index is 12.3. The van der Waals surface area contributed by atoms with E-state index in [1.165, 1.54) is 0 Å². The second kappa shape index (κ2) is 5.10. The molecule has 104 valence electrons. The number of hydrogen-bond donors (Lipinski definition) is 0.